The van der Waals surface area contributed by atoms with Gasteiger partial charge in [0.05, 0.1) is 12.6 Å². The lowest BCUT2D eigenvalue weighted by Crippen LogP contribution is -2.33. The molecule has 138 valence electrons. The third-order valence-electron chi connectivity index (χ3n) is 4.78. The molecule has 1 aliphatic heterocycles. The van der Waals surface area contributed by atoms with Crippen molar-refractivity contribution in [3.63, 3.8) is 0 Å². The van der Waals surface area contributed by atoms with Gasteiger partial charge < -0.3 is 15.2 Å². The first-order valence-corrected chi connectivity index (χ1v) is 9.12. The third-order valence-corrected chi connectivity index (χ3v) is 4.78. The number of nitrogens with zero attached hydrogens (tertiary/aromatic N) is 2. The molecule has 2 amide bonds. The quantitative estimate of drug-likeness (QED) is 0.838. The summed E-state index contributed by atoms with van der Waals surface area (Å²) in [4.78, 5) is 26.7. The molecule has 1 atom stereocenters. The summed E-state index contributed by atoms with van der Waals surface area (Å²) in [5, 5.41) is 5.68. The maximum Gasteiger partial charge on any atom is 0.251 e. The van der Waals surface area contributed by atoms with E-state index in [-0.39, 0.29) is 17.9 Å². The van der Waals surface area contributed by atoms with Gasteiger partial charge >= 0.3 is 0 Å². The first-order chi connectivity index (χ1) is 12.6. The summed E-state index contributed by atoms with van der Waals surface area (Å²) in [5.41, 5.74) is 2.44. The van der Waals surface area contributed by atoms with Crippen LogP contribution in [0.3, 0.4) is 0 Å². The molecule has 0 unspecified atom stereocenters. The van der Waals surface area contributed by atoms with Crippen LogP contribution in [0.15, 0.2) is 42.6 Å². The molecule has 6 heteroatoms. The Balaban J connectivity index is 1.63. The highest BCUT2D eigenvalue weighted by Crippen LogP contribution is 2.31. The third kappa shape index (κ3) is 4.14. The summed E-state index contributed by atoms with van der Waals surface area (Å²) in [5.74, 6) is -0.189. The van der Waals surface area contributed by atoms with Crippen LogP contribution in [-0.2, 0) is 11.8 Å². The van der Waals surface area contributed by atoms with Gasteiger partial charge in [-0.15, -0.1) is 0 Å². The number of carbonyl (C=O) groups is 2. The largest absolute Gasteiger partial charge is 0.353 e. The second kappa shape index (κ2) is 8.19. The van der Waals surface area contributed by atoms with Crippen molar-refractivity contribution in [1.29, 1.82) is 0 Å². The number of likely N-dealkylation sites (tertiary alicyclic amines) is 1. The molecule has 1 saturated heterocycles. The molecule has 1 aromatic carbocycles. The maximum atomic E-state index is 12.5. The minimum absolute atomic E-state index is 0.0563. The van der Waals surface area contributed by atoms with E-state index in [1.165, 1.54) is 5.69 Å². The van der Waals surface area contributed by atoms with Crippen molar-refractivity contribution in [2.45, 2.75) is 25.8 Å². The van der Waals surface area contributed by atoms with E-state index in [9.17, 15) is 9.59 Å². The summed E-state index contributed by atoms with van der Waals surface area (Å²) in [7, 11) is 2.04. The molecular formula is C20H26N4O2. The lowest BCUT2D eigenvalue weighted by Gasteiger charge is -2.24. The highest BCUT2D eigenvalue weighted by atomic mass is 16.2. The van der Waals surface area contributed by atoms with Gasteiger partial charge in [0.2, 0.25) is 5.91 Å². The lowest BCUT2D eigenvalue weighted by molar-refractivity contribution is -0.117. The van der Waals surface area contributed by atoms with Crippen LogP contribution in [0.25, 0.3) is 0 Å². The molecule has 2 N–H and O–H groups in total. The lowest BCUT2D eigenvalue weighted by atomic mass is 10.1. The van der Waals surface area contributed by atoms with Gasteiger partial charge in [0, 0.05) is 36.7 Å². The van der Waals surface area contributed by atoms with Crippen molar-refractivity contribution >= 4 is 17.5 Å². The van der Waals surface area contributed by atoms with Crippen molar-refractivity contribution in [1.82, 2.24) is 14.8 Å². The molecule has 1 aliphatic rings. The number of carbonyl (C=O) groups excluding carboxylic acids is 2. The van der Waals surface area contributed by atoms with Gasteiger partial charge in [-0.25, -0.2) is 0 Å². The number of nitrogens with one attached hydrogen (secondary N) is 2. The number of hydrogen-bond acceptors (Lipinski definition) is 3. The summed E-state index contributed by atoms with van der Waals surface area (Å²) in [6.45, 7) is 3.72. The fraction of sp³-hybridized carbons (Fsp3) is 0.400. The van der Waals surface area contributed by atoms with Crippen LogP contribution in [0.5, 0.6) is 0 Å². The molecule has 0 radical (unpaired) electrons. The van der Waals surface area contributed by atoms with E-state index in [2.05, 4.69) is 26.2 Å². The fourth-order valence-electron chi connectivity index (χ4n) is 3.56. The van der Waals surface area contributed by atoms with Gasteiger partial charge in [-0.05, 0) is 56.6 Å². The van der Waals surface area contributed by atoms with Crippen molar-refractivity contribution in [2.24, 2.45) is 7.05 Å². The van der Waals surface area contributed by atoms with Gasteiger partial charge in [0.15, 0.2) is 0 Å². The Morgan fingerprint density at radius 2 is 2.08 bits per heavy atom. The van der Waals surface area contributed by atoms with Gasteiger partial charge in [-0.2, -0.15) is 0 Å². The zero-order chi connectivity index (χ0) is 18.5. The Hall–Kier alpha value is -2.60. The fourth-order valence-corrected chi connectivity index (χ4v) is 3.56. The van der Waals surface area contributed by atoms with E-state index in [1.54, 1.807) is 24.3 Å². The Bertz CT molecular complexity index is 784. The topological polar surface area (TPSA) is 66.4 Å². The molecule has 6 nitrogen and oxygen atoms in total. The van der Waals surface area contributed by atoms with E-state index >= 15 is 0 Å². The Morgan fingerprint density at radius 3 is 2.81 bits per heavy atom. The molecule has 2 heterocycles. The van der Waals surface area contributed by atoms with Crippen LogP contribution in [0.1, 0.15) is 41.9 Å². The van der Waals surface area contributed by atoms with Crippen LogP contribution >= 0.6 is 0 Å². The predicted molar refractivity (Wildman–Crippen MR) is 102 cm³/mol. The number of anilines is 1. The van der Waals surface area contributed by atoms with Gasteiger partial charge in [0.1, 0.15) is 0 Å². The normalized spacial score (nSPS) is 17.2. The highest BCUT2D eigenvalue weighted by Gasteiger charge is 2.28. The Morgan fingerprint density at radius 1 is 1.23 bits per heavy atom. The van der Waals surface area contributed by atoms with Gasteiger partial charge in [-0.3, -0.25) is 14.5 Å². The molecule has 26 heavy (non-hydrogen) atoms. The molecular weight excluding hydrogens is 328 g/mol. The van der Waals surface area contributed by atoms with Crippen molar-refractivity contribution in [2.75, 3.05) is 25.0 Å². The Kier molecular flexibility index (Phi) is 5.73. The van der Waals surface area contributed by atoms with Crippen LogP contribution in [-0.4, -0.2) is 40.9 Å². The smallest absolute Gasteiger partial charge is 0.251 e. The number of rotatable bonds is 6. The summed E-state index contributed by atoms with van der Waals surface area (Å²) >= 11 is 0. The average molecular weight is 354 g/mol. The first kappa shape index (κ1) is 18.2. The number of aryl methyl sites for hydroxylation is 1. The molecule has 3 rings (SSSR count). The first-order valence-electron chi connectivity index (χ1n) is 9.12. The van der Waals surface area contributed by atoms with E-state index < -0.39 is 0 Å². The van der Waals surface area contributed by atoms with Crippen LogP contribution < -0.4 is 10.6 Å². The Labute approximate surface area is 154 Å². The van der Waals surface area contributed by atoms with Crippen molar-refractivity contribution < 1.29 is 9.59 Å². The molecule has 1 fully saturated rings. The van der Waals surface area contributed by atoms with Gasteiger partial charge in [-0.1, -0.05) is 6.07 Å². The number of hydrogen-bond donors (Lipinski definition) is 2. The highest BCUT2D eigenvalue weighted by molar-refractivity contribution is 5.97. The zero-order valence-corrected chi connectivity index (χ0v) is 15.4. The minimum Gasteiger partial charge on any atom is -0.353 e. The molecule has 2 aromatic rings. The summed E-state index contributed by atoms with van der Waals surface area (Å²) in [6.07, 6.45) is 4.20. The number of amides is 2. The average Bonchev–Trinajstić information content (AvgIpc) is 3.23. The molecule has 0 saturated carbocycles. The predicted octanol–water partition coefficient (Wildman–Crippen LogP) is 2.55. The van der Waals surface area contributed by atoms with Crippen molar-refractivity contribution in [3.05, 3.63) is 53.9 Å². The SMILES string of the molecule is CCNC(=O)c1cccc(NC(=O)CN2CCC[C@H]2c2cccn2C)c1. The van der Waals surface area contributed by atoms with Crippen molar-refractivity contribution in [3.8, 4) is 0 Å². The van der Waals surface area contributed by atoms with Crippen LogP contribution in [0, 0.1) is 0 Å². The maximum absolute atomic E-state index is 12.5. The zero-order valence-electron chi connectivity index (χ0n) is 15.4. The monoisotopic (exact) mass is 354 g/mol. The standard InChI is InChI=1S/C20H26N4O2/c1-3-21-20(26)15-7-4-8-16(13-15)22-19(25)14-24-12-6-10-18(24)17-9-5-11-23(17)2/h4-5,7-9,11,13,18H,3,6,10,12,14H2,1-2H3,(H,21,26)(H,22,25)/t18-/m0/s1. The van der Waals surface area contributed by atoms with E-state index in [4.69, 9.17) is 0 Å². The summed E-state index contributed by atoms with van der Waals surface area (Å²) < 4.78 is 2.12. The molecule has 0 aliphatic carbocycles. The minimum atomic E-state index is -0.132. The summed E-state index contributed by atoms with van der Waals surface area (Å²) in [6, 6.07) is 11.5. The van der Waals surface area contributed by atoms with Crippen LogP contribution in [0.4, 0.5) is 5.69 Å². The van der Waals surface area contributed by atoms with Gasteiger partial charge in [0.25, 0.3) is 5.91 Å². The second-order valence-corrected chi connectivity index (χ2v) is 6.66. The second-order valence-electron chi connectivity index (χ2n) is 6.66. The molecule has 0 spiro atoms. The van der Waals surface area contributed by atoms with E-state index in [0.29, 0.717) is 24.3 Å². The number of aromatic nitrogens is 1. The number of benzene rings is 1. The molecule has 0 bridgehead atoms. The van der Waals surface area contributed by atoms with E-state index in [1.807, 2.05) is 26.2 Å². The van der Waals surface area contributed by atoms with Crippen LogP contribution in [0.2, 0.25) is 0 Å². The van der Waals surface area contributed by atoms with E-state index in [0.717, 1.165) is 19.4 Å². The molecule has 1 aromatic heterocycles.